The molecular formula is C13H18ClO3P. The first-order valence-corrected chi connectivity index (χ1v) is 7.83. The SMILES string of the molecule is CCOP(=O)(OCC)/C(Cl)=C\Cc1ccccc1. The molecule has 0 aliphatic heterocycles. The van der Waals surface area contributed by atoms with Gasteiger partial charge in [0.05, 0.1) is 13.2 Å². The summed E-state index contributed by atoms with van der Waals surface area (Å²) in [6, 6.07) is 9.80. The lowest BCUT2D eigenvalue weighted by Gasteiger charge is -2.15. The Kier molecular flexibility index (Phi) is 6.66. The molecule has 1 rings (SSSR count). The van der Waals surface area contributed by atoms with Crippen molar-refractivity contribution < 1.29 is 13.6 Å². The molecule has 0 aromatic heterocycles. The minimum atomic E-state index is -3.32. The first-order chi connectivity index (χ1) is 8.62. The van der Waals surface area contributed by atoms with E-state index in [0.717, 1.165) is 5.56 Å². The van der Waals surface area contributed by atoms with Crippen molar-refractivity contribution in [2.45, 2.75) is 20.3 Å². The number of allylic oxidation sites excluding steroid dienone is 1. The molecule has 1 aromatic carbocycles. The molecule has 0 amide bonds. The molecule has 0 saturated carbocycles. The number of hydrogen-bond acceptors (Lipinski definition) is 3. The lowest BCUT2D eigenvalue weighted by Crippen LogP contribution is -1.96. The topological polar surface area (TPSA) is 35.5 Å². The average Bonchev–Trinajstić information content (AvgIpc) is 2.37. The van der Waals surface area contributed by atoms with Gasteiger partial charge < -0.3 is 9.05 Å². The number of rotatable bonds is 7. The predicted octanol–water partition coefficient (Wildman–Crippen LogP) is 4.58. The zero-order valence-corrected chi connectivity index (χ0v) is 12.3. The molecule has 0 radical (unpaired) electrons. The molecule has 0 unspecified atom stereocenters. The predicted molar refractivity (Wildman–Crippen MR) is 74.9 cm³/mol. The molecule has 5 heteroatoms. The summed E-state index contributed by atoms with van der Waals surface area (Å²) < 4.78 is 22.7. The van der Waals surface area contributed by atoms with E-state index in [0.29, 0.717) is 19.6 Å². The summed E-state index contributed by atoms with van der Waals surface area (Å²) in [5.74, 6) is 0. The molecule has 18 heavy (non-hydrogen) atoms. The Morgan fingerprint density at radius 3 is 2.28 bits per heavy atom. The first-order valence-electron chi connectivity index (χ1n) is 5.91. The van der Waals surface area contributed by atoms with Crippen LogP contribution in [0.5, 0.6) is 0 Å². The van der Waals surface area contributed by atoms with Crippen LogP contribution in [0, 0.1) is 0 Å². The van der Waals surface area contributed by atoms with Crippen LogP contribution in [0.4, 0.5) is 0 Å². The highest BCUT2D eigenvalue weighted by Crippen LogP contribution is 2.57. The van der Waals surface area contributed by atoms with E-state index >= 15 is 0 Å². The van der Waals surface area contributed by atoms with E-state index < -0.39 is 7.60 Å². The van der Waals surface area contributed by atoms with E-state index in [2.05, 4.69) is 0 Å². The Bertz CT molecular complexity index is 421. The molecule has 0 spiro atoms. The summed E-state index contributed by atoms with van der Waals surface area (Å²) >= 11 is 6.04. The molecular weight excluding hydrogens is 271 g/mol. The van der Waals surface area contributed by atoms with Crippen molar-refractivity contribution >= 4 is 19.2 Å². The summed E-state index contributed by atoms with van der Waals surface area (Å²) in [6.07, 6.45) is 2.28. The molecule has 0 atom stereocenters. The lowest BCUT2D eigenvalue weighted by molar-refractivity contribution is 0.228. The van der Waals surface area contributed by atoms with Gasteiger partial charge >= 0.3 is 7.60 Å². The normalized spacial score (nSPS) is 12.7. The third-order valence-electron chi connectivity index (χ3n) is 2.21. The van der Waals surface area contributed by atoms with Gasteiger partial charge in [-0.2, -0.15) is 0 Å². The standard InChI is InChI=1S/C13H18ClO3P/c1-3-16-18(15,17-4-2)13(14)11-10-12-8-6-5-7-9-12/h5-9,11H,3-4,10H2,1-2H3/b13-11-. The van der Waals surface area contributed by atoms with Crippen LogP contribution in [0.25, 0.3) is 0 Å². The van der Waals surface area contributed by atoms with Crippen molar-refractivity contribution in [3.63, 3.8) is 0 Å². The fourth-order valence-corrected chi connectivity index (χ4v) is 3.11. The van der Waals surface area contributed by atoms with Gasteiger partial charge in [0.2, 0.25) is 0 Å². The largest absolute Gasteiger partial charge is 0.372 e. The molecule has 0 bridgehead atoms. The molecule has 0 fully saturated rings. The fourth-order valence-electron chi connectivity index (χ4n) is 1.43. The quantitative estimate of drug-likeness (QED) is 0.689. The highest BCUT2D eigenvalue weighted by molar-refractivity contribution is 7.61. The molecule has 0 saturated heterocycles. The average molecular weight is 289 g/mol. The second kappa shape index (κ2) is 7.75. The molecule has 3 nitrogen and oxygen atoms in total. The Balaban J connectivity index is 2.77. The van der Waals surface area contributed by atoms with Gasteiger partial charge in [0.1, 0.15) is 4.77 Å². The third kappa shape index (κ3) is 4.58. The monoisotopic (exact) mass is 288 g/mol. The van der Waals surface area contributed by atoms with Crippen molar-refractivity contribution in [3.8, 4) is 0 Å². The van der Waals surface area contributed by atoms with Gasteiger partial charge in [-0.3, -0.25) is 4.57 Å². The minimum Gasteiger partial charge on any atom is -0.305 e. The van der Waals surface area contributed by atoms with Crippen molar-refractivity contribution in [1.82, 2.24) is 0 Å². The van der Waals surface area contributed by atoms with Gasteiger partial charge in [-0.15, -0.1) is 0 Å². The van der Waals surface area contributed by atoms with Crippen molar-refractivity contribution in [2.24, 2.45) is 0 Å². The highest BCUT2D eigenvalue weighted by atomic mass is 35.5. The van der Waals surface area contributed by atoms with Crippen LogP contribution in [0.3, 0.4) is 0 Å². The van der Waals surface area contributed by atoms with Gasteiger partial charge in [0, 0.05) is 0 Å². The van der Waals surface area contributed by atoms with Gasteiger partial charge in [-0.1, -0.05) is 48.0 Å². The van der Waals surface area contributed by atoms with E-state index in [9.17, 15) is 4.57 Å². The number of benzene rings is 1. The van der Waals surface area contributed by atoms with Gasteiger partial charge in [-0.25, -0.2) is 0 Å². The van der Waals surface area contributed by atoms with Crippen LogP contribution in [-0.4, -0.2) is 13.2 Å². The summed E-state index contributed by atoms with van der Waals surface area (Å²) in [5.41, 5.74) is 1.09. The van der Waals surface area contributed by atoms with Crippen LogP contribution in [-0.2, 0) is 20.0 Å². The zero-order valence-electron chi connectivity index (χ0n) is 10.6. The highest BCUT2D eigenvalue weighted by Gasteiger charge is 2.27. The van der Waals surface area contributed by atoms with Crippen molar-refractivity contribution in [1.29, 1.82) is 0 Å². The molecule has 1 aromatic rings. The summed E-state index contributed by atoms with van der Waals surface area (Å²) in [5, 5.41) is 0. The Hall–Kier alpha value is -0.600. The molecule has 0 heterocycles. The molecule has 0 aliphatic rings. The Morgan fingerprint density at radius 1 is 1.22 bits per heavy atom. The van der Waals surface area contributed by atoms with Crippen LogP contribution in [0.2, 0.25) is 0 Å². The van der Waals surface area contributed by atoms with Gasteiger partial charge in [0.25, 0.3) is 0 Å². The summed E-state index contributed by atoms with van der Waals surface area (Å²) in [7, 11) is -3.32. The Labute approximate surface area is 113 Å². The lowest BCUT2D eigenvalue weighted by atomic mass is 10.2. The van der Waals surface area contributed by atoms with E-state index in [1.807, 2.05) is 30.3 Å². The van der Waals surface area contributed by atoms with E-state index in [1.54, 1.807) is 19.9 Å². The maximum absolute atomic E-state index is 12.3. The van der Waals surface area contributed by atoms with Gasteiger partial charge in [-0.05, 0) is 25.8 Å². The first kappa shape index (κ1) is 15.5. The smallest absolute Gasteiger partial charge is 0.305 e. The molecule has 0 N–H and O–H groups in total. The van der Waals surface area contributed by atoms with E-state index in [1.165, 1.54) is 0 Å². The van der Waals surface area contributed by atoms with Crippen molar-refractivity contribution in [2.75, 3.05) is 13.2 Å². The zero-order chi connectivity index (χ0) is 13.4. The maximum Gasteiger partial charge on any atom is 0.372 e. The third-order valence-corrected chi connectivity index (χ3v) is 4.89. The fraction of sp³-hybridized carbons (Fsp3) is 0.385. The van der Waals surface area contributed by atoms with Crippen LogP contribution in [0.15, 0.2) is 41.2 Å². The second-order valence-corrected chi connectivity index (χ2v) is 6.21. The maximum atomic E-state index is 12.3. The summed E-state index contributed by atoms with van der Waals surface area (Å²) in [4.78, 5) is 0. The van der Waals surface area contributed by atoms with Gasteiger partial charge in [0.15, 0.2) is 0 Å². The summed E-state index contributed by atoms with van der Waals surface area (Å²) in [6.45, 7) is 4.11. The number of halogens is 1. The van der Waals surface area contributed by atoms with E-state index in [4.69, 9.17) is 20.6 Å². The molecule has 100 valence electrons. The van der Waals surface area contributed by atoms with Crippen molar-refractivity contribution in [3.05, 3.63) is 46.7 Å². The van der Waals surface area contributed by atoms with E-state index in [-0.39, 0.29) is 4.77 Å². The van der Waals surface area contributed by atoms with Crippen LogP contribution >= 0.6 is 19.2 Å². The molecule has 0 aliphatic carbocycles. The minimum absolute atomic E-state index is 0.148. The number of hydrogen-bond donors (Lipinski definition) is 0. The second-order valence-electron chi connectivity index (χ2n) is 3.55. The van der Waals surface area contributed by atoms with Crippen LogP contribution in [0.1, 0.15) is 19.4 Å². The Morgan fingerprint density at radius 2 is 1.78 bits per heavy atom. The van der Waals surface area contributed by atoms with Crippen LogP contribution < -0.4 is 0 Å².